The molecule has 2 atom stereocenters. The highest BCUT2D eigenvalue weighted by atomic mass is 32.2. The van der Waals surface area contributed by atoms with E-state index in [0.29, 0.717) is 57.6 Å². The number of ketones is 1. The van der Waals surface area contributed by atoms with Gasteiger partial charge in [-0.2, -0.15) is 21.6 Å². The maximum absolute atomic E-state index is 12.3. The molecule has 0 unspecified atom stereocenters. The second-order valence-electron chi connectivity index (χ2n) is 10.2. The predicted octanol–water partition coefficient (Wildman–Crippen LogP) is 3.54. The number of ether oxygens (including phenoxy) is 8. The van der Waals surface area contributed by atoms with Gasteiger partial charge in [-0.05, 0) is 30.5 Å². The number of aliphatic carboxylic acids is 1. The first kappa shape index (κ1) is 44.0. The number of benzene rings is 2. The lowest BCUT2D eigenvalue weighted by molar-refractivity contribution is -0.150. The van der Waals surface area contributed by atoms with Crippen molar-refractivity contribution in [2.45, 2.75) is 31.2 Å². The second kappa shape index (κ2) is 19.4. The van der Waals surface area contributed by atoms with Gasteiger partial charge in [-0.3, -0.25) is 23.7 Å². The molecule has 0 saturated heterocycles. The van der Waals surface area contributed by atoms with Gasteiger partial charge in [-0.25, -0.2) is 0 Å². The lowest BCUT2D eigenvalue weighted by atomic mass is 9.82. The van der Waals surface area contributed by atoms with E-state index in [4.69, 9.17) is 51.2 Å². The van der Waals surface area contributed by atoms with E-state index in [0.717, 1.165) is 0 Å². The standard InChI is InChI=1S/C15H20O7.C15H18O6.CHF3O3S/c1-19-11-6-5-9(13(20-2)14(11)21-3)7-10(8-12(16)17)15(18)22-4;1-18-12-7-9-10(13(19-2)14(12)20-3)5-8(6-11(9)16)15(17)21-4;2-1(3,4)8(5,6)7/h5-6,10H,7-8H2,1-4H3,(H,16,17);7-8H,5-6H2,1-4H3;(H,5,6,7)/t10-;8-;/m11./s1. The van der Waals surface area contributed by atoms with Crippen molar-refractivity contribution in [3.05, 3.63) is 34.9 Å². The van der Waals surface area contributed by atoms with Crippen LogP contribution in [-0.2, 0) is 46.8 Å². The summed E-state index contributed by atoms with van der Waals surface area (Å²) in [4.78, 5) is 46.7. The minimum Gasteiger partial charge on any atom is -0.493 e. The average molecular weight is 757 g/mol. The van der Waals surface area contributed by atoms with Crippen LogP contribution in [0.5, 0.6) is 34.5 Å². The Bertz CT molecular complexity index is 1660. The Hall–Kier alpha value is -4.98. The zero-order chi connectivity index (χ0) is 39.3. The normalized spacial score (nSPS) is 14.1. The van der Waals surface area contributed by atoms with Gasteiger partial charge in [0, 0.05) is 17.5 Å². The van der Waals surface area contributed by atoms with Gasteiger partial charge in [0.05, 0.1) is 75.1 Å². The molecule has 2 aromatic rings. The monoisotopic (exact) mass is 756 g/mol. The highest BCUT2D eigenvalue weighted by Crippen LogP contribution is 2.45. The third-order valence-electron chi connectivity index (χ3n) is 7.15. The van der Waals surface area contributed by atoms with Crippen LogP contribution in [-0.4, -0.2) is 104 Å². The van der Waals surface area contributed by atoms with Crippen LogP contribution in [0.2, 0.25) is 0 Å². The van der Waals surface area contributed by atoms with Gasteiger partial charge in [0.25, 0.3) is 0 Å². The van der Waals surface area contributed by atoms with Crippen LogP contribution in [0.1, 0.15) is 34.3 Å². The molecule has 0 amide bonds. The van der Waals surface area contributed by atoms with Gasteiger partial charge in [-0.1, -0.05) is 6.07 Å². The molecule has 0 saturated carbocycles. The smallest absolute Gasteiger partial charge is 0.493 e. The quantitative estimate of drug-likeness (QED) is 0.180. The van der Waals surface area contributed by atoms with Gasteiger partial charge in [0.15, 0.2) is 28.8 Å². The highest BCUT2D eigenvalue weighted by Gasteiger charge is 2.44. The Morgan fingerprint density at radius 2 is 1.31 bits per heavy atom. The van der Waals surface area contributed by atoms with E-state index in [1.165, 1.54) is 56.9 Å². The first-order chi connectivity index (χ1) is 23.8. The van der Waals surface area contributed by atoms with Crippen molar-refractivity contribution in [2.24, 2.45) is 11.8 Å². The third-order valence-corrected chi connectivity index (χ3v) is 7.74. The Kier molecular flexibility index (Phi) is 16.8. The van der Waals surface area contributed by atoms with Crippen LogP contribution in [0.25, 0.3) is 0 Å². The van der Waals surface area contributed by atoms with E-state index in [1.807, 2.05) is 0 Å². The fourth-order valence-electron chi connectivity index (χ4n) is 4.86. The van der Waals surface area contributed by atoms with Crippen molar-refractivity contribution in [2.75, 3.05) is 56.9 Å². The topological polar surface area (TPSA) is 217 Å². The summed E-state index contributed by atoms with van der Waals surface area (Å²) in [6, 6.07) is 5.01. The molecule has 0 fully saturated rings. The number of fused-ring (bicyclic) bond motifs is 1. The van der Waals surface area contributed by atoms with E-state index in [-0.39, 0.29) is 25.0 Å². The summed E-state index contributed by atoms with van der Waals surface area (Å²) in [6.45, 7) is 0. The number of carbonyl (C=O) groups excluding carboxylic acids is 3. The van der Waals surface area contributed by atoms with Gasteiger partial charge >= 0.3 is 33.5 Å². The minimum atomic E-state index is -5.84. The lowest BCUT2D eigenvalue weighted by Crippen LogP contribution is -2.28. The summed E-state index contributed by atoms with van der Waals surface area (Å²) >= 11 is 0. The number of rotatable bonds is 12. The predicted molar refractivity (Wildman–Crippen MR) is 169 cm³/mol. The first-order valence-corrected chi connectivity index (χ1v) is 15.8. The Morgan fingerprint density at radius 1 is 0.804 bits per heavy atom. The Morgan fingerprint density at radius 3 is 1.73 bits per heavy atom. The summed E-state index contributed by atoms with van der Waals surface area (Å²) in [5.74, 6) is -0.954. The van der Waals surface area contributed by atoms with Crippen LogP contribution >= 0.6 is 0 Å². The molecule has 1 aliphatic carbocycles. The zero-order valence-corrected chi connectivity index (χ0v) is 29.7. The summed E-state index contributed by atoms with van der Waals surface area (Å²) in [5, 5.41) is 8.93. The largest absolute Gasteiger partial charge is 0.522 e. The number of alkyl halides is 3. The van der Waals surface area contributed by atoms with Crippen LogP contribution in [0.15, 0.2) is 18.2 Å². The van der Waals surface area contributed by atoms with E-state index < -0.39 is 45.4 Å². The Labute approximate surface area is 291 Å². The number of carbonyl (C=O) groups is 4. The molecule has 1 aliphatic rings. The van der Waals surface area contributed by atoms with Gasteiger partial charge in [0.1, 0.15) is 0 Å². The zero-order valence-electron chi connectivity index (χ0n) is 28.9. The van der Waals surface area contributed by atoms with Crippen molar-refractivity contribution in [1.82, 2.24) is 0 Å². The number of carboxylic acid groups (broad SMARTS) is 1. The SMILES string of the molecule is COC(=O)[C@@H](CC(=O)O)Cc1ccc(OC)c(OC)c1OC.COC(=O)[C@H]1CC(=O)c2cc(OC)c(OC)c(OC)c2C1.O=S(=O)(O)C(F)(F)F. The number of carboxylic acids is 1. The molecule has 16 nitrogen and oxygen atoms in total. The molecule has 0 heterocycles. The molecule has 2 N–H and O–H groups in total. The number of hydrogen-bond acceptors (Lipinski definition) is 14. The van der Waals surface area contributed by atoms with Gasteiger partial charge < -0.3 is 43.0 Å². The van der Waals surface area contributed by atoms with Crippen molar-refractivity contribution in [1.29, 1.82) is 0 Å². The molecule has 0 aromatic heterocycles. The summed E-state index contributed by atoms with van der Waals surface area (Å²) in [7, 11) is 5.61. The van der Waals surface area contributed by atoms with Crippen molar-refractivity contribution < 1.29 is 88.3 Å². The molecule has 0 bridgehead atoms. The van der Waals surface area contributed by atoms with Gasteiger partial charge in [-0.15, -0.1) is 0 Å². The summed E-state index contributed by atoms with van der Waals surface area (Å²) in [6.07, 6.45) is 0.322. The molecule has 286 valence electrons. The number of esters is 2. The number of methoxy groups -OCH3 is 8. The molecule has 0 spiro atoms. The van der Waals surface area contributed by atoms with Crippen molar-refractivity contribution in [3.8, 4) is 34.5 Å². The van der Waals surface area contributed by atoms with E-state index in [2.05, 4.69) is 4.74 Å². The molecule has 20 heteroatoms. The van der Waals surface area contributed by atoms with E-state index >= 15 is 0 Å². The van der Waals surface area contributed by atoms with E-state index in [9.17, 15) is 32.3 Å². The average Bonchev–Trinajstić information content (AvgIpc) is 3.08. The molecule has 0 radical (unpaired) electrons. The molecular weight excluding hydrogens is 717 g/mol. The fraction of sp³-hybridized carbons (Fsp3) is 0.484. The van der Waals surface area contributed by atoms with Crippen LogP contribution in [0.4, 0.5) is 13.2 Å². The van der Waals surface area contributed by atoms with E-state index in [1.54, 1.807) is 18.2 Å². The fourth-order valence-corrected chi connectivity index (χ4v) is 4.86. The number of Topliss-reactive ketones (excluding diaryl/α,β-unsaturated/α-hetero) is 1. The van der Waals surface area contributed by atoms with Crippen molar-refractivity contribution >= 4 is 33.8 Å². The summed E-state index contributed by atoms with van der Waals surface area (Å²) in [5.41, 5.74) is -3.74. The Balaban J connectivity index is 0.000000422. The summed E-state index contributed by atoms with van der Waals surface area (Å²) < 4.78 is 98.6. The van der Waals surface area contributed by atoms with Crippen LogP contribution in [0, 0.1) is 11.8 Å². The molecule has 3 rings (SSSR count). The molecule has 2 aromatic carbocycles. The highest BCUT2D eigenvalue weighted by molar-refractivity contribution is 7.86. The van der Waals surface area contributed by atoms with Crippen molar-refractivity contribution in [3.63, 3.8) is 0 Å². The second-order valence-corrected chi connectivity index (χ2v) is 11.6. The number of hydrogen-bond donors (Lipinski definition) is 2. The lowest BCUT2D eigenvalue weighted by Gasteiger charge is -2.25. The first-order valence-electron chi connectivity index (χ1n) is 14.3. The molecular formula is C31H39F3O16S. The van der Waals surface area contributed by atoms with Crippen LogP contribution < -0.4 is 28.4 Å². The van der Waals surface area contributed by atoms with Crippen LogP contribution in [0.3, 0.4) is 0 Å². The van der Waals surface area contributed by atoms with Gasteiger partial charge in [0.2, 0.25) is 11.5 Å². The minimum absolute atomic E-state index is 0.123. The molecule has 0 aliphatic heterocycles. The maximum atomic E-state index is 12.3. The maximum Gasteiger partial charge on any atom is 0.522 e. The third kappa shape index (κ3) is 11.5. The number of halogens is 3. The molecule has 51 heavy (non-hydrogen) atoms.